The van der Waals surface area contributed by atoms with Crippen LogP contribution in [-0.4, -0.2) is 16.7 Å². The maximum absolute atomic E-state index is 4.19. The molecule has 2 aromatic rings. The highest BCUT2D eigenvalue weighted by Gasteiger charge is 2.08. The number of nitrogens with one attached hydrogen (secondary N) is 1. The Morgan fingerprint density at radius 3 is 2.70 bits per heavy atom. The summed E-state index contributed by atoms with van der Waals surface area (Å²) in [4.78, 5) is 1.27. The Bertz CT molecular complexity index is 564. The largest absolute Gasteiger partial charge is 0.312 e. The maximum atomic E-state index is 4.19. The molecule has 0 bridgehead atoms. The zero-order valence-electron chi connectivity index (χ0n) is 12.4. The molecular formula is C15H21N3S2. The molecular weight excluding hydrogens is 286 g/mol. The molecule has 1 aromatic carbocycles. The Balaban J connectivity index is 2.10. The standard InChI is InChI=1S/C15H21N3S2/c1-10(2)8-16-9-13-7-11(3)5-6-14(13)20-15-18-17-12(4)19-15/h5-7,10,16H,8-9H2,1-4H3. The molecule has 3 nitrogen and oxygen atoms in total. The van der Waals surface area contributed by atoms with Crippen molar-refractivity contribution in [1.29, 1.82) is 0 Å². The second-order valence-electron chi connectivity index (χ2n) is 5.32. The summed E-state index contributed by atoms with van der Waals surface area (Å²) in [7, 11) is 0. The van der Waals surface area contributed by atoms with Gasteiger partial charge in [0.1, 0.15) is 5.01 Å². The average Bonchev–Trinajstić information content (AvgIpc) is 2.78. The smallest absolute Gasteiger partial charge is 0.179 e. The van der Waals surface area contributed by atoms with Crippen molar-refractivity contribution < 1.29 is 0 Å². The van der Waals surface area contributed by atoms with Gasteiger partial charge in [0.25, 0.3) is 0 Å². The minimum atomic E-state index is 0.668. The number of hydrogen-bond donors (Lipinski definition) is 1. The lowest BCUT2D eigenvalue weighted by Gasteiger charge is -2.11. The third-order valence-electron chi connectivity index (χ3n) is 2.79. The Morgan fingerprint density at radius 1 is 1.25 bits per heavy atom. The molecule has 0 saturated heterocycles. The van der Waals surface area contributed by atoms with Crippen molar-refractivity contribution in [1.82, 2.24) is 15.5 Å². The average molecular weight is 307 g/mol. The number of aromatic nitrogens is 2. The molecule has 0 fully saturated rings. The number of benzene rings is 1. The highest BCUT2D eigenvalue weighted by molar-refractivity contribution is 8.01. The van der Waals surface area contributed by atoms with E-state index in [1.54, 1.807) is 23.1 Å². The number of hydrogen-bond acceptors (Lipinski definition) is 5. The van der Waals surface area contributed by atoms with Crippen LogP contribution in [0, 0.1) is 19.8 Å². The van der Waals surface area contributed by atoms with Crippen LogP contribution in [0.2, 0.25) is 0 Å². The number of rotatable bonds is 6. The highest BCUT2D eigenvalue weighted by atomic mass is 32.2. The first-order chi connectivity index (χ1) is 9.54. The number of nitrogens with zero attached hydrogens (tertiary/aromatic N) is 2. The molecule has 1 N–H and O–H groups in total. The zero-order chi connectivity index (χ0) is 14.5. The summed E-state index contributed by atoms with van der Waals surface area (Å²) < 4.78 is 1.01. The molecule has 0 unspecified atom stereocenters. The van der Waals surface area contributed by atoms with Crippen molar-refractivity contribution in [2.24, 2.45) is 5.92 Å². The first kappa shape index (κ1) is 15.5. The fourth-order valence-corrected chi connectivity index (χ4v) is 3.74. The summed E-state index contributed by atoms with van der Waals surface area (Å²) in [6, 6.07) is 6.59. The van der Waals surface area contributed by atoms with Gasteiger partial charge in [-0.3, -0.25) is 0 Å². The van der Waals surface area contributed by atoms with E-state index in [2.05, 4.69) is 54.5 Å². The summed E-state index contributed by atoms with van der Waals surface area (Å²) in [6.45, 7) is 10.5. The van der Waals surface area contributed by atoms with Crippen molar-refractivity contribution in [3.05, 3.63) is 34.3 Å². The molecule has 0 amide bonds. The highest BCUT2D eigenvalue weighted by Crippen LogP contribution is 2.32. The van der Waals surface area contributed by atoms with Gasteiger partial charge < -0.3 is 5.32 Å². The molecule has 1 aromatic heterocycles. The lowest BCUT2D eigenvalue weighted by Crippen LogP contribution is -2.19. The molecule has 0 aliphatic rings. The molecule has 0 spiro atoms. The van der Waals surface area contributed by atoms with Gasteiger partial charge in [0.15, 0.2) is 4.34 Å². The minimum absolute atomic E-state index is 0.668. The normalized spacial score (nSPS) is 11.2. The summed E-state index contributed by atoms with van der Waals surface area (Å²) in [5.74, 6) is 0.668. The van der Waals surface area contributed by atoms with Gasteiger partial charge in [0.05, 0.1) is 0 Å². The second kappa shape index (κ2) is 7.20. The van der Waals surface area contributed by atoms with Crippen molar-refractivity contribution in [2.45, 2.75) is 43.5 Å². The molecule has 1 heterocycles. The molecule has 0 aliphatic carbocycles. The SMILES string of the molecule is Cc1ccc(Sc2nnc(C)s2)c(CNCC(C)C)c1. The molecule has 0 aliphatic heterocycles. The quantitative estimate of drug-likeness (QED) is 0.873. The maximum Gasteiger partial charge on any atom is 0.179 e. The Kier molecular flexibility index (Phi) is 5.57. The Hall–Kier alpha value is -0.910. The van der Waals surface area contributed by atoms with E-state index >= 15 is 0 Å². The van der Waals surface area contributed by atoms with Gasteiger partial charge >= 0.3 is 0 Å². The van der Waals surface area contributed by atoms with Crippen molar-refractivity contribution in [3.63, 3.8) is 0 Å². The lowest BCUT2D eigenvalue weighted by atomic mass is 10.1. The first-order valence-corrected chi connectivity index (χ1v) is 8.46. The molecule has 0 atom stereocenters. The van der Waals surface area contributed by atoms with Gasteiger partial charge in [0, 0.05) is 11.4 Å². The Morgan fingerprint density at radius 2 is 2.05 bits per heavy atom. The summed E-state index contributed by atoms with van der Waals surface area (Å²) in [6.07, 6.45) is 0. The van der Waals surface area contributed by atoms with Gasteiger partial charge in [-0.15, -0.1) is 10.2 Å². The van der Waals surface area contributed by atoms with Gasteiger partial charge in [-0.2, -0.15) is 0 Å². The van der Waals surface area contributed by atoms with Gasteiger partial charge in [0.2, 0.25) is 0 Å². The van der Waals surface area contributed by atoms with Crippen LogP contribution < -0.4 is 5.32 Å². The van der Waals surface area contributed by atoms with Gasteiger partial charge in [-0.1, -0.05) is 54.6 Å². The third-order valence-corrected chi connectivity index (χ3v) is 4.80. The van der Waals surface area contributed by atoms with Crippen LogP contribution in [0.3, 0.4) is 0 Å². The molecule has 5 heteroatoms. The van der Waals surface area contributed by atoms with E-state index in [4.69, 9.17) is 0 Å². The van der Waals surface area contributed by atoms with Crippen LogP contribution in [0.1, 0.15) is 30.0 Å². The topological polar surface area (TPSA) is 37.8 Å². The van der Waals surface area contributed by atoms with E-state index < -0.39 is 0 Å². The van der Waals surface area contributed by atoms with Crippen LogP contribution in [0.4, 0.5) is 0 Å². The van der Waals surface area contributed by atoms with Gasteiger partial charge in [-0.05, 0) is 37.9 Å². The molecule has 20 heavy (non-hydrogen) atoms. The van der Waals surface area contributed by atoms with Crippen LogP contribution in [0.5, 0.6) is 0 Å². The molecule has 0 radical (unpaired) electrons. The summed E-state index contributed by atoms with van der Waals surface area (Å²) >= 11 is 3.35. The third kappa shape index (κ3) is 4.58. The predicted octanol–water partition coefficient (Wildman–Crippen LogP) is 4.05. The predicted molar refractivity (Wildman–Crippen MR) is 86.5 cm³/mol. The van der Waals surface area contributed by atoms with E-state index in [1.165, 1.54) is 16.0 Å². The monoisotopic (exact) mass is 307 g/mol. The minimum Gasteiger partial charge on any atom is -0.312 e. The van der Waals surface area contributed by atoms with Crippen molar-refractivity contribution >= 4 is 23.1 Å². The van der Waals surface area contributed by atoms with E-state index in [1.807, 2.05) is 6.92 Å². The van der Waals surface area contributed by atoms with Crippen molar-refractivity contribution in [3.8, 4) is 0 Å². The second-order valence-corrected chi connectivity index (χ2v) is 7.80. The van der Waals surface area contributed by atoms with E-state index in [0.29, 0.717) is 5.92 Å². The molecule has 2 rings (SSSR count). The lowest BCUT2D eigenvalue weighted by molar-refractivity contribution is 0.550. The fraction of sp³-hybridized carbons (Fsp3) is 0.467. The Labute approximate surface area is 129 Å². The summed E-state index contributed by atoms with van der Waals surface area (Å²) in [5.41, 5.74) is 2.63. The van der Waals surface area contributed by atoms with Crippen LogP contribution in [0.25, 0.3) is 0 Å². The van der Waals surface area contributed by atoms with E-state index in [-0.39, 0.29) is 0 Å². The van der Waals surface area contributed by atoms with E-state index in [0.717, 1.165) is 22.4 Å². The fourth-order valence-electron chi connectivity index (χ4n) is 1.86. The first-order valence-electron chi connectivity index (χ1n) is 6.83. The summed E-state index contributed by atoms with van der Waals surface area (Å²) in [5, 5.41) is 12.8. The van der Waals surface area contributed by atoms with Crippen LogP contribution in [-0.2, 0) is 6.54 Å². The molecule has 108 valence electrons. The van der Waals surface area contributed by atoms with Gasteiger partial charge in [-0.25, -0.2) is 0 Å². The van der Waals surface area contributed by atoms with Crippen LogP contribution >= 0.6 is 23.1 Å². The molecule has 0 saturated carbocycles. The number of aryl methyl sites for hydroxylation is 2. The zero-order valence-corrected chi connectivity index (χ0v) is 14.1. The van der Waals surface area contributed by atoms with Crippen molar-refractivity contribution in [2.75, 3.05) is 6.54 Å². The van der Waals surface area contributed by atoms with Crippen LogP contribution in [0.15, 0.2) is 27.4 Å². The van der Waals surface area contributed by atoms with E-state index in [9.17, 15) is 0 Å².